The summed E-state index contributed by atoms with van der Waals surface area (Å²) in [6, 6.07) is 4.32. The number of nitrogens with zero attached hydrogens (tertiary/aromatic N) is 1. The zero-order valence-corrected chi connectivity index (χ0v) is 13.4. The Kier molecular flexibility index (Phi) is 4.22. The van der Waals surface area contributed by atoms with Crippen LogP contribution in [0.2, 0.25) is 0 Å². The lowest BCUT2D eigenvalue weighted by atomic mass is 9.79. The molecule has 2 fully saturated rings. The Morgan fingerprint density at radius 3 is 3.05 bits per heavy atom. The fourth-order valence-electron chi connectivity index (χ4n) is 3.52. The summed E-state index contributed by atoms with van der Waals surface area (Å²) >= 11 is 3.35. The van der Waals surface area contributed by atoms with Crippen LogP contribution in [0.15, 0.2) is 21.2 Å². The highest BCUT2D eigenvalue weighted by atomic mass is 79.9. The van der Waals surface area contributed by atoms with Gasteiger partial charge in [0.25, 0.3) is 0 Å². The average Bonchev–Trinajstić information content (AvgIpc) is 2.99. The van der Waals surface area contributed by atoms with Crippen LogP contribution < -0.4 is 0 Å². The predicted molar refractivity (Wildman–Crippen MR) is 79.4 cm³/mol. The Balaban J connectivity index is 1.71. The molecule has 3 rings (SSSR count). The lowest BCUT2D eigenvalue weighted by Crippen LogP contribution is -2.52. The normalized spacial score (nSPS) is 35.5. The molecule has 0 amide bonds. The van der Waals surface area contributed by atoms with Crippen molar-refractivity contribution in [2.75, 3.05) is 19.8 Å². The number of aliphatic hydroxyl groups is 1. The Morgan fingerprint density at radius 2 is 2.35 bits per heavy atom. The zero-order chi connectivity index (χ0) is 14.2. The van der Waals surface area contributed by atoms with E-state index in [0.29, 0.717) is 19.3 Å². The van der Waals surface area contributed by atoms with Crippen molar-refractivity contribution in [1.82, 2.24) is 4.90 Å². The van der Waals surface area contributed by atoms with E-state index < -0.39 is 5.60 Å². The lowest BCUT2D eigenvalue weighted by molar-refractivity contribution is -0.124. The molecule has 2 aliphatic rings. The summed E-state index contributed by atoms with van der Waals surface area (Å²) in [7, 11) is 0. The molecule has 3 atom stereocenters. The molecule has 0 unspecified atom stereocenters. The summed E-state index contributed by atoms with van der Waals surface area (Å²) < 4.78 is 12.0. The maximum absolute atomic E-state index is 10.6. The first-order valence-electron chi connectivity index (χ1n) is 7.35. The Hall–Kier alpha value is -0.360. The lowest BCUT2D eigenvalue weighted by Gasteiger charge is -2.43. The number of halogens is 1. The van der Waals surface area contributed by atoms with Gasteiger partial charge in [0.05, 0.1) is 18.8 Å². The molecule has 112 valence electrons. The molecule has 0 spiro atoms. The van der Waals surface area contributed by atoms with Crippen LogP contribution in [-0.2, 0) is 11.3 Å². The van der Waals surface area contributed by atoms with Crippen LogP contribution in [-0.4, -0.2) is 41.4 Å². The van der Waals surface area contributed by atoms with Gasteiger partial charge in [0.15, 0.2) is 4.67 Å². The molecule has 1 N–H and O–H groups in total. The summed E-state index contributed by atoms with van der Waals surface area (Å²) in [4.78, 5) is 2.43. The maximum Gasteiger partial charge on any atom is 0.169 e. The van der Waals surface area contributed by atoms with Gasteiger partial charge in [-0.05, 0) is 60.8 Å². The van der Waals surface area contributed by atoms with Crippen LogP contribution in [0.1, 0.15) is 31.9 Å². The van der Waals surface area contributed by atoms with Crippen LogP contribution in [0.4, 0.5) is 0 Å². The quantitative estimate of drug-likeness (QED) is 0.916. The van der Waals surface area contributed by atoms with Gasteiger partial charge in [-0.15, -0.1) is 0 Å². The van der Waals surface area contributed by atoms with Gasteiger partial charge in [-0.1, -0.05) is 0 Å². The van der Waals surface area contributed by atoms with Crippen molar-refractivity contribution >= 4 is 15.9 Å². The highest BCUT2D eigenvalue weighted by Gasteiger charge is 2.44. The average molecular weight is 344 g/mol. The topological polar surface area (TPSA) is 45.8 Å². The number of rotatable bonds is 3. The van der Waals surface area contributed by atoms with Crippen molar-refractivity contribution in [3.8, 4) is 0 Å². The summed E-state index contributed by atoms with van der Waals surface area (Å²) in [6.45, 7) is 5.16. The van der Waals surface area contributed by atoms with Crippen molar-refractivity contribution in [3.05, 3.63) is 22.6 Å². The van der Waals surface area contributed by atoms with Gasteiger partial charge >= 0.3 is 0 Å². The molecule has 4 nitrogen and oxygen atoms in total. The zero-order valence-electron chi connectivity index (χ0n) is 11.8. The van der Waals surface area contributed by atoms with Gasteiger partial charge in [-0.3, -0.25) is 4.90 Å². The molecule has 2 aliphatic heterocycles. The molecular weight excluding hydrogens is 322 g/mol. The summed E-state index contributed by atoms with van der Waals surface area (Å²) in [5.74, 6) is 1.16. The molecule has 3 heterocycles. The molecule has 0 aromatic carbocycles. The second kappa shape index (κ2) is 5.79. The van der Waals surface area contributed by atoms with Crippen LogP contribution in [0.3, 0.4) is 0 Å². The molecule has 0 saturated carbocycles. The van der Waals surface area contributed by atoms with Gasteiger partial charge in [-0.2, -0.15) is 0 Å². The molecule has 1 aromatic heterocycles. The van der Waals surface area contributed by atoms with E-state index in [1.165, 1.54) is 6.42 Å². The fourth-order valence-corrected chi connectivity index (χ4v) is 3.86. The minimum absolute atomic E-state index is 0.192. The van der Waals surface area contributed by atoms with Crippen LogP contribution in [0, 0.1) is 5.92 Å². The highest BCUT2D eigenvalue weighted by molar-refractivity contribution is 9.10. The third-order valence-electron chi connectivity index (χ3n) is 4.72. The number of hydrogen-bond acceptors (Lipinski definition) is 4. The first kappa shape index (κ1) is 14.6. The number of ether oxygens (including phenoxy) is 1. The van der Waals surface area contributed by atoms with E-state index >= 15 is 0 Å². The van der Waals surface area contributed by atoms with Crippen molar-refractivity contribution in [1.29, 1.82) is 0 Å². The van der Waals surface area contributed by atoms with Gasteiger partial charge in [0.2, 0.25) is 0 Å². The van der Waals surface area contributed by atoms with Crippen molar-refractivity contribution in [2.45, 2.75) is 44.4 Å². The summed E-state index contributed by atoms with van der Waals surface area (Å²) in [5, 5.41) is 10.6. The van der Waals surface area contributed by atoms with Gasteiger partial charge in [-0.25, -0.2) is 0 Å². The SMILES string of the molecule is C[C@]1(O)CCOC[C@@H]1[C@@H]1CCCN1Cc1ccc(Br)o1. The summed E-state index contributed by atoms with van der Waals surface area (Å²) in [6.07, 6.45) is 3.04. The standard InChI is InChI=1S/C15H22BrNO3/c1-15(18)6-8-19-10-12(15)13-3-2-7-17(13)9-11-4-5-14(16)20-11/h4-5,12-13,18H,2-3,6-10H2,1H3/t12-,13+,15+/m1/s1. The summed E-state index contributed by atoms with van der Waals surface area (Å²) in [5.41, 5.74) is -0.616. The van der Waals surface area contributed by atoms with Gasteiger partial charge in [0.1, 0.15) is 5.76 Å². The maximum atomic E-state index is 10.6. The van der Waals surface area contributed by atoms with Gasteiger partial charge < -0.3 is 14.3 Å². The van der Waals surface area contributed by atoms with Crippen LogP contribution in [0.25, 0.3) is 0 Å². The first-order valence-corrected chi connectivity index (χ1v) is 8.14. The van der Waals surface area contributed by atoms with E-state index in [1.54, 1.807) is 0 Å². The van der Waals surface area contributed by atoms with Crippen molar-refractivity contribution in [2.24, 2.45) is 5.92 Å². The largest absolute Gasteiger partial charge is 0.453 e. The monoisotopic (exact) mass is 343 g/mol. The van der Waals surface area contributed by atoms with E-state index in [2.05, 4.69) is 20.8 Å². The third-order valence-corrected chi connectivity index (χ3v) is 5.14. The molecule has 20 heavy (non-hydrogen) atoms. The smallest absolute Gasteiger partial charge is 0.169 e. The molecule has 0 bridgehead atoms. The van der Waals surface area contributed by atoms with Gasteiger partial charge in [0, 0.05) is 18.6 Å². The van der Waals surface area contributed by atoms with E-state index in [9.17, 15) is 5.11 Å². The Morgan fingerprint density at radius 1 is 1.50 bits per heavy atom. The van der Waals surface area contributed by atoms with E-state index in [0.717, 1.165) is 36.4 Å². The van der Waals surface area contributed by atoms with Crippen molar-refractivity contribution < 1.29 is 14.3 Å². The van der Waals surface area contributed by atoms with E-state index in [4.69, 9.17) is 9.15 Å². The third kappa shape index (κ3) is 2.96. The second-order valence-electron chi connectivity index (χ2n) is 6.17. The number of furan rings is 1. The fraction of sp³-hybridized carbons (Fsp3) is 0.733. The molecule has 5 heteroatoms. The van der Waals surface area contributed by atoms with Crippen LogP contribution >= 0.6 is 15.9 Å². The molecule has 0 radical (unpaired) electrons. The Bertz CT molecular complexity index is 460. The minimum Gasteiger partial charge on any atom is -0.453 e. The van der Waals surface area contributed by atoms with Crippen LogP contribution in [0.5, 0.6) is 0 Å². The van der Waals surface area contributed by atoms with E-state index in [1.807, 2.05) is 19.1 Å². The molecule has 2 saturated heterocycles. The Labute approximate surface area is 128 Å². The molecular formula is C15H22BrNO3. The number of likely N-dealkylation sites (tertiary alicyclic amines) is 1. The highest BCUT2D eigenvalue weighted by Crippen LogP contribution is 2.36. The first-order chi connectivity index (χ1) is 9.56. The molecule has 0 aliphatic carbocycles. The second-order valence-corrected chi connectivity index (χ2v) is 6.96. The van der Waals surface area contributed by atoms with Crippen molar-refractivity contribution in [3.63, 3.8) is 0 Å². The molecule has 1 aromatic rings. The van der Waals surface area contributed by atoms with E-state index in [-0.39, 0.29) is 5.92 Å². The number of hydrogen-bond donors (Lipinski definition) is 1. The minimum atomic E-state index is -0.616. The predicted octanol–water partition coefficient (Wildman–Crippen LogP) is 2.79.